The minimum atomic E-state index is -4.48. The van der Waals surface area contributed by atoms with E-state index in [4.69, 9.17) is 22.4 Å². The maximum Gasteiger partial charge on any atom is 0.417 e. The number of nitrogens with two attached hydrogens (primary N) is 1. The van der Waals surface area contributed by atoms with E-state index in [2.05, 4.69) is 0 Å². The smallest absolute Gasteiger partial charge is 0.395 e. The summed E-state index contributed by atoms with van der Waals surface area (Å²) in [5.74, 6) is 0. The third-order valence-electron chi connectivity index (χ3n) is 2.10. The van der Waals surface area contributed by atoms with Crippen LogP contribution in [0.15, 0.2) is 18.2 Å². The van der Waals surface area contributed by atoms with Crippen LogP contribution in [0.5, 0.6) is 0 Å². The van der Waals surface area contributed by atoms with Gasteiger partial charge in [0.1, 0.15) is 0 Å². The Hall–Kier alpha value is -0.490. The van der Waals surface area contributed by atoms with Crippen molar-refractivity contribution in [2.24, 2.45) is 5.73 Å². The highest BCUT2D eigenvalue weighted by atomic mass is 35.5. The molecular weight excluding hydrogens is 278 g/mol. The van der Waals surface area contributed by atoms with Gasteiger partial charge >= 0.3 is 6.18 Å². The molecule has 0 aromatic heterocycles. The SMILES string of the molecule is Cl.NC(CO)Cc1cccc(C(F)(F)F)c1Cl. The minimum absolute atomic E-state index is 0. The molecule has 0 aliphatic heterocycles. The quantitative estimate of drug-likeness (QED) is 0.899. The summed E-state index contributed by atoms with van der Waals surface area (Å²) in [6, 6.07) is 3.04. The average molecular weight is 290 g/mol. The third-order valence-corrected chi connectivity index (χ3v) is 2.55. The van der Waals surface area contributed by atoms with E-state index in [1.807, 2.05) is 0 Å². The number of rotatable bonds is 3. The van der Waals surface area contributed by atoms with E-state index < -0.39 is 17.8 Å². The molecule has 0 saturated heterocycles. The predicted octanol–water partition coefficient (Wildman–Crippen LogP) is 2.64. The number of aliphatic hydroxyl groups is 1. The molecule has 17 heavy (non-hydrogen) atoms. The standard InChI is InChI=1S/C10H11ClF3NO.ClH/c11-9-6(4-7(15)5-16)2-1-3-8(9)10(12,13)14;/h1-3,7,16H,4-5,15H2;1H. The van der Waals surface area contributed by atoms with E-state index in [1.54, 1.807) is 0 Å². The van der Waals surface area contributed by atoms with Gasteiger partial charge < -0.3 is 10.8 Å². The first-order chi connectivity index (χ1) is 7.36. The normalized spacial score (nSPS) is 13.1. The van der Waals surface area contributed by atoms with Gasteiger partial charge in [0.05, 0.1) is 17.2 Å². The third kappa shape index (κ3) is 4.35. The van der Waals surface area contributed by atoms with Crippen molar-refractivity contribution >= 4 is 24.0 Å². The Bertz CT molecular complexity index is 371. The number of halogens is 5. The topological polar surface area (TPSA) is 46.2 Å². The highest BCUT2D eigenvalue weighted by Gasteiger charge is 2.33. The van der Waals surface area contributed by atoms with Gasteiger partial charge in [-0.2, -0.15) is 13.2 Å². The van der Waals surface area contributed by atoms with Gasteiger partial charge in [0.2, 0.25) is 0 Å². The molecule has 1 unspecified atom stereocenters. The lowest BCUT2D eigenvalue weighted by Crippen LogP contribution is -2.27. The van der Waals surface area contributed by atoms with Gasteiger partial charge in [-0.15, -0.1) is 12.4 Å². The molecule has 0 aliphatic carbocycles. The van der Waals surface area contributed by atoms with Crippen LogP contribution in [0.4, 0.5) is 13.2 Å². The Kier molecular flexibility index (Phi) is 6.26. The van der Waals surface area contributed by atoms with Crippen molar-refractivity contribution in [2.75, 3.05) is 6.61 Å². The number of alkyl halides is 3. The summed E-state index contributed by atoms with van der Waals surface area (Å²) >= 11 is 5.64. The summed E-state index contributed by atoms with van der Waals surface area (Å²) in [4.78, 5) is 0. The molecule has 0 radical (unpaired) electrons. The van der Waals surface area contributed by atoms with E-state index in [9.17, 15) is 13.2 Å². The molecule has 1 rings (SSSR count). The monoisotopic (exact) mass is 289 g/mol. The van der Waals surface area contributed by atoms with Crippen LogP contribution < -0.4 is 5.73 Å². The van der Waals surface area contributed by atoms with Crippen LogP contribution in [0.2, 0.25) is 5.02 Å². The Balaban J connectivity index is 0.00000256. The van der Waals surface area contributed by atoms with Gasteiger partial charge in [-0.25, -0.2) is 0 Å². The molecule has 0 saturated carbocycles. The largest absolute Gasteiger partial charge is 0.417 e. The van der Waals surface area contributed by atoms with E-state index in [1.165, 1.54) is 12.1 Å². The zero-order valence-corrected chi connectivity index (χ0v) is 10.2. The van der Waals surface area contributed by atoms with Crippen LogP contribution in [-0.4, -0.2) is 17.8 Å². The maximum absolute atomic E-state index is 12.5. The molecule has 0 amide bonds. The van der Waals surface area contributed by atoms with Crippen molar-refractivity contribution in [3.63, 3.8) is 0 Å². The molecule has 0 spiro atoms. The minimum Gasteiger partial charge on any atom is -0.395 e. The highest BCUT2D eigenvalue weighted by molar-refractivity contribution is 6.32. The number of hydrogen-bond donors (Lipinski definition) is 2. The second kappa shape index (κ2) is 6.44. The zero-order chi connectivity index (χ0) is 12.3. The molecule has 3 N–H and O–H groups in total. The lowest BCUT2D eigenvalue weighted by atomic mass is 10.0. The molecule has 98 valence electrons. The number of hydrogen-bond acceptors (Lipinski definition) is 2. The fraction of sp³-hybridized carbons (Fsp3) is 0.400. The first-order valence-corrected chi connectivity index (χ1v) is 4.95. The molecule has 0 fully saturated rings. The number of aliphatic hydroxyl groups excluding tert-OH is 1. The Morgan fingerprint density at radius 1 is 1.35 bits per heavy atom. The fourth-order valence-electron chi connectivity index (χ4n) is 1.30. The van der Waals surface area contributed by atoms with Crippen LogP contribution in [0, 0.1) is 0 Å². The van der Waals surface area contributed by atoms with Gasteiger partial charge in [-0.05, 0) is 18.1 Å². The molecule has 7 heteroatoms. The van der Waals surface area contributed by atoms with Gasteiger partial charge in [0.25, 0.3) is 0 Å². The first kappa shape index (κ1) is 16.5. The summed E-state index contributed by atoms with van der Waals surface area (Å²) < 4.78 is 37.4. The summed E-state index contributed by atoms with van der Waals surface area (Å²) in [6.07, 6.45) is -4.37. The van der Waals surface area contributed by atoms with Crippen molar-refractivity contribution in [3.8, 4) is 0 Å². The van der Waals surface area contributed by atoms with Crippen molar-refractivity contribution in [1.82, 2.24) is 0 Å². The van der Waals surface area contributed by atoms with Crippen molar-refractivity contribution in [2.45, 2.75) is 18.6 Å². The first-order valence-electron chi connectivity index (χ1n) is 4.57. The van der Waals surface area contributed by atoms with Gasteiger partial charge in [0.15, 0.2) is 0 Å². The zero-order valence-electron chi connectivity index (χ0n) is 8.67. The van der Waals surface area contributed by atoms with Crippen molar-refractivity contribution in [1.29, 1.82) is 0 Å². The van der Waals surface area contributed by atoms with E-state index >= 15 is 0 Å². The average Bonchev–Trinajstić information content (AvgIpc) is 2.19. The highest BCUT2D eigenvalue weighted by Crippen LogP contribution is 2.36. The van der Waals surface area contributed by atoms with Gasteiger partial charge in [0, 0.05) is 6.04 Å². The fourth-order valence-corrected chi connectivity index (χ4v) is 1.61. The van der Waals surface area contributed by atoms with Crippen LogP contribution in [-0.2, 0) is 12.6 Å². The van der Waals surface area contributed by atoms with Crippen molar-refractivity contribution in [3.05, 3.63) is 34.3 Å². The molecule has 0 heterocycles. The Morgan fingerprint density at radius 2 is 1.94 bits per heavy atom. The maximum atomic E-state index is 12.5. The summed E-state index contributed by atoms with van der Waals surface area (Å²) in [7, 11) is 0. The molecule has 1 aromatic carbocycles. The van der Waals surface area contributed by atoms with Crippen molar-refractivity contribution < 1.29 is 18.3 Å². The van der Waals surface area contributed by atoms with Crippen LogP contribution in [0.3, 0.4) is 0 Å². The van der Waals surface area contributed by atoms with Crippen LogP contribution in [0.25, 0.3) is 0 Å². The van der Waals surface area contributed by atoms with E-state index in [0.29, 0.717) is 0 Å². The molecule has 0 aliphatic rings. The van der Waals surface area contributed by atoms with E-state index in [-0.39, 0.29) is 36.0 Å². The van der Waals surface area contributed by atoms with Crippen LogP contribution in [0.1, 0.15) is 11.1 Å². The lowest BCUT2D eigenvalue weighted by Gasteiger charge is -2.14. The lowest BCUT2D eigenvalue weighted by molar-refractivity contribution is -0.137. The molecule has 0 bridgehead atoms. The molecule has 1 atom stereocenters. The summed E-state index contributed by atoms with van der Waals surface area (Å²) in [5, 5.41) is 8.38. The summed E-state index contributed by atoms with van der Waals surface area (Å²) in [6.45, 7) is -0.299. The van der Waals surface area contributed by atoms with Crippen LogP contribution >= 0.6 is 24.0 Å². The molecular formula is C10H12Cl2F3NO. The van der Waals surface area contributed by atoms with Gasteiger partial charge in [-0.3, -0.25) is 0 Å². The summed E-state index contributed by atoms with van der Waals surface area (Å²) in [5.41, 5.74) is 4.86. The number of benzene rings is 1. The van der Waals surface area contributed by atoms with E-state index in [0.717, 1.165) is 6.07 Å². The van der Waals surface area contributed by atoms with Gasteiger partial charge in [-0.1, -0.05) is 23.7 Å². The predicted molar refractivity (Wildman–Crippen MR) is 62.5 cm³/mol. The second-order valence-corrected chi connectivity index (χ2v) is 3.80. The second-order valence-electron chi connectivity index (χ2n) is 3.42. The Morgan fingerprint density at radius 3 is 2.41 bits per heavy atom. The molecule has 2 nitrogen and oxygen atoms in total. The molecule has 1 aromatic rings. The Labute approximate surface area is 108 Å².